The van der Waals surface area contributed by atoms with E-state index >= 15 is 0 Å². The zero-order valence-electron chi connectivity index (χ0n) is 11.5. The quantitative estimate of drug-likeness (QED) is 0.791. The van der Waals surface area contributed by atoms with Gasteiger partial charge in [-0.1, -0.05) is 13.8 Å². The Labute approximate surface area is 117 Å². The van der Waals surface area contributed by atoms with Crippen LogP contribution in [0.1, 0.15) is 13.8 Å². The number of nitrogens with one attached hydrogen (secondary N) is 1. The van der Waals surface area contributed by atoms with E-state index in [2.05, 4.69) is 29.1 Å². The van der Waals surface area contributed by atoms with Crippen LogP contribution in [-0.4, -0.2) is 36.8 Å². The Kier molecular flexibility index (Phi) is 4.93. The predicted molar refractivity (Wildman–Crippen MR) is 78.1 cm³/mol. The lowest BCUT2D eigenvalue weighted by Crippen LogP contribution is -2.11. The molecule has 2 heterocycles. The first-order valence-electron chi connectivity index (χ1n) is 6.34. The number of hydrogen-bond donors (Lipinski definition) is 1. The van der Waals surface area contributed by atoms with E-state index in [1.807, 2.05) is 11.4 Å². The highest BCUT2D eigenvalue weighted by molar-refractivity contribution is 7.16. The van der Waals surface area contributed by atoms with E-state index in [1.54, 1.807) is 18.4 Å². The number of aromatic nitrogens is 2. The van der Waals surface area contributed by atoms with Crippen molar-refractivity contribution in [3.05, 3.63) is 11.4 Å². The monoisotopic (exact) mass is 281 g/mol. The topological polar surface area (TPSA) is 56.3 Å². The molecule has 0 bridgehead atoms. The fourth-order valence-electron chi connectivity index (χ4n) is 1.57. The van der Waals surface area contributed by atoms with Crippen molar-refractivity contribution in [1.29, 1.82) is 0 Å². The van der Waals surface area contributed by atoms with E-state index in [0.717, 1.165) is 16.8 Å². The molecule has 0 fully saturated rings. The molecule has 2 aromatic rings. The number of nitrogens with zero attached hydrogens (tertiary/aromatic N) is 2. The van der Waals surface area contributed by atoms with Crippen LogP contribution in [0.25, 0.3) is 10.2 Å². The third-order valence-corrected chi connectivity index (χ3v) is 3.24. The molecule has 2 aromatic heterocycles. The van der Waals surface area contributed by atoms with E-state index in [9.17, 15) is 0 Å². The van der Waals surface area contributed by atoms with E-state index < -0.39 is 0 Å². The van der Waals surface area contributed by atoms with Crippen LogP contribution in [0.3, 0.4) is 0 Å². The van der Waals surface area contributed by atoms with Crippen molar-refractivity contribution in [2.45, 2.75) is 13.8 Å². The Morgan fingerprint density at radius 3 is 2.89 bits per heavy atom. The zero-order valence-corrected chi connectivity index (χ0v) is 12.3. The summed E-state index contributed by atoms with van der Waals surface area (Å²) in [4.78, 5) is 9.63. The maximum atomic E-state index is 5.69. The lowest BCUT2D eigenvalue weighted by Gasteiger charge is -2.09. The first kappa shape index (κ1) is 14.0. The summed E-state index contributed by atoms with van der Waals surface area (Å²) in [6.45, 7) is 6.07. The minimum absolute atomic E-state index is 0.498. The summed E-state index contributed by atoms with van der Waals surface area (Å²) >= 11 is 1.58. The van der Waals surface area contributed by atoms with Crippen molar-refractivity contribution < 1.29 is 9.47 Å². The Balaban J connectivity index is 1.97. The summed E-state index contributed by atoms with van der Waals surface area (Å²) in [5, 5.41) is 5.88. The second-order valence-corrected chi connectivity index (χ2v) is 5.45. The van der Waals surface area contributed by atoms with E-state index in [-0.39, 0.29) is 0 Å². The maximum Gasteiger partial charge on any atom is 0.227 e. The summed E-state index contributed by atoms with van der Waals surface area (Å²) in [5.74, 6) is 1.73. The van der Waals surface area contributed by atoms with Gasteiger partial charge in [-0.15, -0.1) is 11.3 Å². The van der Waals surface area contributed by atoms with E-state index in [4.69, 9.17) is 9.47 Å². The molecule has 0 radical (unpaired) electrons. The van der Waals surface area contributed by atoms with Gasteiger partial charge in [0, 0.05) is 13.7 Å². The third-order valence-electron chi connectivity index (χ3n) is 2.43. The van der Waals surface area contributed by atoms with Crippen LogP contribution in [0.2, 0.25) is 0 Å². The molecule has 6 heteroatoms. The molecule has 104 valence electrons. The molecule has 0 spiro atoms. The molecule has 2 rings (SSSR count). The number of rotatable bonds is 7. The molecule has 19 heavy (non-hydrogen) atoms. The Bertz CT molecular complexity index is 528. The minimum atomic E-state index is 0.498. The standard InChI is InChI=1S/C13H19N3O2S/c1-9(2)8-17-5-6-18-11-10-4-7-19-12(10)16-13(14-3)15-11/h4,7,9H,5-6,8H2,1-3H3,(H,14,15,16). The fourth-order valence-corrected chi connectivity index (χ4v) is 2.32. The van der Waals surface area contributed by atoms with Gasteiger partial charge in [0.1, 0.15) is 11.4 Å². The van der Waals surface area contributed by atoms with Crippen molar-refractivity contribution >= 4 is 27.5 Å². The number of thiophene rings is 1. The maximum absolute atomic E-state index is 5.69. The average Bonchev–Trinajstić information content (AvgIpc) is 2.85. The highest BCUT2D eigenvalue weighted by atomic mass is 32.1. The second-order valence-electron chi connectivity index (χ2n) is 4.56. The molecular formula is C13H19N3O2S. The van der Waals surface area contributed by atoms with Gasteiger partial charge in [0.05, 0.1) is 12.0 Å². The van der Waals surface area contributed by atoms with Gasteiger partial charge in [0.25, 0.3) is 0 Å². The molecule has 0 saturated carbocycles. The highest BCUT2D eigenvalue weighted by Crippen LogP contribution is 2.27. The highest BCUT2D eigenvalue weighted by Gasteiger charge is 2.09. The van der Waals surface area contributed by atoms with Crippen LogP contribution in [0.5, 0.6) is 5.88 Å². The van der Waals surface area contributed by atoms with Crippen molar-refractivity contribution in [2.75, 3.05) is 32.2 Å². The van der Waals surface area contributed by atoms with Gasteiger partial charge in [-0.25, -0.2) is 4.98 Å². The molecule has 0 saturated heterocycles. The van der Waals surface area contributed by atoms with Crippen molar-refractivity contribution in [3.8, 4) is 5.88 Å². The zero-order chi connectivity index (χ0) is 13.7. The van der Waals surface area contributed by atoms with Gasteiger partial charge in [-0.05, 0) is 17.4 Å². The summed E-state index contributed by atoms with van der Waals surface area (Å²) in [6, 6.07) is 1.98. The van der Waals surface area contributed by atoms with Crippen LogP contribution in [0.15, 0.2) is 11.4 Å². The van der Waals surface area contributed by atoms with Gasteiger partial charge in [-0.3, -0.25) is 0 Å². The normalized spacial score (nSPS) is 11.2. The Morgan fingerprint density at radius 1 is 1.32 bits per heavy atom. The molecular weight excluding hydrogens is 262 g/mol. The first-order valence-corrected chi connectivity index (χ1v) is 7.22. The predicted octanol–water partition coefficient (Wildman–Crippen LogP) is 2.78. The van der Waals surface area contributed by atoms with E-state index in [0.29, 0.717) is 31.0 Å². The molecule has 0 aliphatic rings. The minimum Gasteiger partial charge on any atom is -0.475 e. The Hall–Kier alpha value is -1.40. The summed E-state index contributed by atoms with van der Waals surface area (Å²) < 4.78 is 11.2. The van der Waals surface area contributed by atoms with Crippen LogP contribution in [-0.2, 0) is 4.74 Å². The van der Waals surface area contributed by atoms with Crippen molar-refractivity contribution in [1.82, 2.24) is 9.97 Å². The summed E-state index contributed by atoms with van der Waals surface area (Å²) in [7, 11) is 1.80. The molecule has 5 nitrogen and oxygen atoms in total. The fraction of sp³-hybridized carbons (Fsp3) is 0.538. The van der Waals surface area contributed by atoms with Crippen LogP contribution >= 0.6 is 11.3 Å². The van der Waals surface area contributed by atoms with Crippen LogP contribution < -0.4 is 10.1 Å². The molecule has 0 atom stereocenters. The van der Waals surface area contributed by atoms with Gasteiger partial charge >= 0.3 is 0 Å². The smallest absolute Gasteiger partial charge is 0.227 e. The second kappa shape index (κ2) is 6.68. The van der Waals surface area contributed by atoms with Gasteiger partial charge in [0.15, 0.2) is 0 Å². The summed E-state index contributed by atoms with van der Waals surface area (Å²) in [6.07, 6.45) is 0. The summed E-state index contributed by atoms with van der Waals surface area (Å²) in [5.41, 5.74) is 0. The van der Waals surface area contributed by atoms with Crippen LogP contribution in [0.4, 0.5) is 5.95 Å². The lowest BCUT2D eigenvalue weighted by atomic mass is 10.2. The SMILES string of the molecule is CNc1nc(OCCOCC(C)C)c2ccsc2n1. The molecule has 0 aromatic carbocycles. The van der Waals surface area contributed by atoms with Gasteiger partial charge in [0.2, 0.25) is 11.8 Å². The molecule has 0 amide bonds. The van der Waals surface area contributed by atoms with Crippen molar-refractivity contribution in [2.24, 2.45) is 5.92 Å². The van der Waals surface area contributed by atoms with E-state index in [1.165, 1.54) is 0 Å². The molecule has 0 unspecified atom stereocenters. The number of fused-ring (bicyclic) bond motifs is 1. The third kappa shape index (κ3) is 3.78. The first-order chi connectivity index (χ1) is 9.20. The Morgan fingerprint density at radius 2 is 2.16 bits per heavy atom. The molecule has 0 aliphatic heterocycles. The largest absolute Gasteiger partial charge is 0.475 e. The van der Waals surface area contributed by atoms with Crippen molar-refractivity contribution in [3.63, 3.8) is 0 Å². The average molecular weight is 281 g/mol. The number of anilines is 1. The van der Waals surface area contributed by atoms with Gasteiger partial charge in [-0.2, -0.15) is 4.98 Å². The lowest BCUT2D eigenvalue weighted by molar-refractivity contribution is 0.0811. The molecule has 0 aliphatic carbocycles. The van der Waals surface area contributed by atoms with Gasteiger partial charge < -0.3 is 14.8 Å². The van der Waals surface area contributed by atoms with Crippen LogP contribution in [0, 0.1) is 5.92 Å². The number of ether oxygens (including phenoxy) is 2. The number of hydrogen-bond acceptors (Lipinski definition) is 6. The molecule has 1 N–H and O–H groups in total.